The van der Waals surface area contributed by atoms with Crippen molar-refractivity contribution in [1.82, 2.24) is 10.9 Å². The van der Waals surface area contributed by atoms with Gasteiger partial charge in [0.15, 0.2) is 23.3 Å². The Balaban J connectivity index is 1.67. The molecule has 45 heavy (non-hydrogen) atoms. The molecule has 0 bridgehead atoms. The summed E-state index contributed by atoms with van der Waals surface area (Å²) >= 11 is 3.44. The van der Waals surface area contributed by atoms with E-state index in [2.05, 4.69) is 26.8 Å². The van der Waals surface area contributed by atoms with E-state index in [1.807, 2.05) is 12.1 Å². The third-order valence-corrected chi connectivity index (χ3v) is 7.34. The van der Waals surface area contributed by atoms with E-state index in [1.54, 1.807) is 57.2 Å². The molecular weight excluding hydrogens is 652 g/mol. The van der Waals surface area contributed by atoms with Crippen molar-refractivity contribution in [3.05, 3.63) is 99.5 Å². The molecule has 0 radical (unpaired) electrons. The number of aliphatic hydroxyl groups excluding tert-OH is 1. The molecule has 0 fully saturated rings. The van der Waals surface area contributed by atoms with Crippen LogP contribution < -0.4 is 15.6 Å². The summed E-state index contributed by atoms with van der Waals surface area (Å²) in [6.45, 7) is 5.63. The fraction of sp³-hybridized carbons (Fsp3) is 0.364. The molecule has 0 saturated heterocycles. The van der Waals surface area contributed by atoms with Crippen LogP contribution in [0.1, 0.15) is 62.8 Å². The number of ether oxygens (including phenoxy) is 3. The highest BCUT2D eigenvalue weighted by atomic mass is 79.9. The minimum atomic E-state index is -1.63. The van der Waals surface area contributed by atoms with Crippen molar-refractivity contribution in [2.24, 2.45) is 4.99 Å². The molecule has 4 rings (SSSR count). The molecule has 1 aliphatic rings. The van der Waals surface area contributed by atoms with Crippen LogP contribution in [0.25, 0.3) is 0 Å². The van der Waals surface area contributed by atoms with Gasteiger partial charge in [0.25, 0.3) is 5.91 Å². The van der Waals surface area contributed by atoms with Gasteiger partial charge in [-0.15, -0.1) is 0 Å². The number of carbonyl (C=O) groups excluding carboxylic acids is 2. The molecule has 1 amide bonds. The van der Waals surface area contributed by atoms with Crippen molar-refractivity contribution in [3.8, 4) is 5.75 Å². The molecule has 3 aromatic rings. The second-order valence-corrected chi connectivity index (χ2v) is 12.4. The molecule has 12 heteroatoms. The third-order valence-electron chi connectivity index (χ3n) is 6.81. The van der Waals surface area contributed by atoms with E-state index in [9.17, 15) is 18.4 Å². The zero-order chi connectivity index (χ0) is 32.6. The topological polar surface area (TPSA) is 118 Å². The summed E-state index contributed by atoms with van der Waals surface area (Å²) in [5, 5.41) is 9.02. The number of aliphatic hydroxyl groups is 1. The largest absolute Gasteiger partial charge is 0.494 e. The van der Waals surface area contributed by atoms with Gasteiger partial charge in [-0.3, -0.25) is 15.0 Å². The number of amides is 1. The van der Waals surface area contributed by atoms with Crippen LogP contribution in [0.4, 0.5) is 8.78 Å². The number of nitrogens with one attached hydrogen (secondary N) is 2. The molecule has 3 aromatic carbocycles. The number of nitrogens with zero attached hydrogens (tertiary/aromatic N) is 1. The SMILES string of the molecule is CC(C)(C)OC(=O)CC[C@]1(C(=O)NNCc2ccc(F)c(F)c2)N=C(c2ccc(OCCCO)cc2)O[C@H]1c1ccc(Br)cc1. The average Bonchev–Trinajstić information content (AvgIpc) is 3.39. The molecule has 3 N–H and O–H groups in total. The Labute approximate surface area is 269 Å². The van der Waals surface area contributed by atoms with Crippen molar-refractivity contribution >= 4 is 33.7 Å². The number of esters is 1. The Morgan fingerprint density at radius 1 is 1.04 bits per heavy atom. The van der Waals surface area contributed by atoms with Crippen LogP contribution in [0.15, 0.2) is 76.2 Å². The van der Waals surface area contributed by atoms with Crippen LogP contribution in [0.2, 0.25) is 0 Å². The average molecular weight is 689 g/mol. The molecule has 0 aromatic heterocycles. The highest BCUT2D eigenvalue weighted by Crippen LogP contribution is 2.43. The number of carbonyl (C=O) groups is 2. The van der Waals surface area contributed by atoms with Gasteiger partial charge in [0, 0.05) is 36.0 Å². The summed E-state index contributed by atoms with van der Waals surface area (Å²) in [5.41, 5.74) is 4.67. The zero-order valence-electron chi connectivity index (χ0n) is 25.2. The molecule has 0 saturated carbocycles. The lowest BCUT2D eigenvalue weighted by molar-refractivity contribution is -0.155. The minimum absolute atomic E-state index is 0.0107. The van der Waals surface area contributed by atoms with E-state index in [0.717, 1.165) is 16.6 Å². The van der Waals surface area contributed by atoms with Crippen molar-refractivity contribution < 1.29 is 37.7 Å². The molecule has 1 aliphatic heterocycles. The predicted octanol–water partition coefficient (Wildman–Crippen LogP) is 5.69. The molecule has 240 valence electrons. The Hall–Kier alpha value is -3.87. The monoisotopic (exact) mass is 687 g/mol. The van der Waals surface area contributed by atoms with Crippen molar-refractivity contribution in [2.75, 3.05) is 13.2 Å². The number of benzene rings is 3. The van der Waals surface area contributed by atoms with Gasteiger partial charge in [0.2, 0.25) is 5.90 Å². The minimum Gasteiger partial charge on any atom is -0.494 e. The van der Waals surface area contributed by atoms with Gasteiger partial charge in [0.1, 0.15) is 11.4 Å². The van der Waals surface area contributed by atoms with Gasteiger partial charge in [-0.2, -0.15) is 0 Å². The number of hydrazine groups is 1. The fourth-order valence-corrected chi connectivity index (χ4v) is 4.94. The van der Waals surface area contributed by atoms with Gasteiger partial charge in [-0.05, 0) is 86.8 Å². The number of hydrogen-bond acceptors (Lipinski definition) is 8. The lowest BCUT2D eigenvalue weighted by Gasteiger charge is -2.31. The summed E-state index contributed by atoms with van der Waals surface area (Å²) < 4.78 is 45.5. The lowest BCUT2D eigenvalue weighted by atomic mass is 9.83. The first kappa shape index (κ1) is 34.0. The van der Waals surface area contributed by atoms with Crippen LogP contribution in [0.3, 0.4) is 0 Å². The van der Waals surface area contributed by atoms with Gasteiger partial charge < -0.3 is 19.3 Å². The zero-order valence-corrected chi connectivity index (χ0v) is 26.8. The van der Waals surface area contributed by atoms with Gasteiger partial charge >= 0.3 is 5.97 Å². The maximum absolute atomic E-state index is 14.1. The van der Waals surface area contributed by atoms with E-state index in [1.165, 1.54) is 6.07 Å². The molecule has 2 atom stereocenters. The molecule has 0 unspecified atom stereocenters. The Bertz CT molecular complexity index is 1510. The second kappa shape index (κ2) is 14.9. The van der Waals surface area contributed by atoms with E-state index in [-0.39, 0.29) is 31.9 Å². The van der Waals surface area contributed by atoms with Crippen LogP contribution in [0.5, 0.6) is 5.75 Å². The van der Waals surface area contributed by atoms with Crippen LogP contribution in [-0.2, 0) is 25.6 Å². The standard InChI is InChI=1S/C33H36BrF2N3O6/c1-32(2,3)45-28(41)15-16-33(31(42)39-37-20-21-5-14-26(35)27(36)19-21)29(22-6-10-24(34)11-7-22)44-30(38-33)23-8-12-25(13-9-23)43-18-4-17-40/h5-14,19,29,37,40H,4,15-18,20H2,1-3H3,(H,39,42)/t29-,33-/m0/s1. The highest BCUT2D eigenvalue weighted by Gasteiger charge is 2.53. The number of hydrogen-bond donors (Lipinski definition) is 3. The molecule has 9 nitrogen and oxygen atoms in total. The Morgan fingerprint density at radius 2 is 1.76 bits per heavy atom. The van der Waals surface area contributed by atoms with E-state index < -0.39 is 40.8 Å². The van der Waals surface area contributed by atoms with Crippen molar-refractivity contribution in [2.45, 2.75) is 63.8 Å². The second-order valence-electron chi connectivity index (χ2n) is 11.5. The number of aliphatic imine (C=N–C) groups is 1. The van der Waals surface area contributed by atoms with Crippen LogP contribution in [0, 0.1) is 11.6 Å². The predicted molar refractivity (Wildman–Crippen MR) is 167 cm³/mol. The maximum Gasteiger partial charge on any atom is 0.306 e. The first-order valence-corrected chi connectivity index (χ1v) is 15.2. The van der Waals surface area contributed by atoms with Crippen molar-refractivity contribution in [3.63, 3.8) is 0 Å². The summed E-state index contributed by atoms with van der Waals surface area (Å²) in [4.78, 5) is 31.8. The fourth-order valence-electron chi connectivity index (χ4n) is 4.68. The van der Waals surface area contributed by atoms with Crippen molar-refractivity contribution in [1.29, 1.82) is 0 Å². The summed E-state index contributed by atoms with van der Waals surface area (Å²) in [6, 6.07) is 17.6. The third kappa shape index (κ3) is 9.09. The van der Waals surface area contributed by atoms with E-state index in [4.69, 9.17) is 24.3 Å². The molecule has 0 spiro atoms. The van der Waals surface area contributed by atoms with E-state index >= 15 is 0 Å². The van der Waals surface area contributed by atoms with Gasteiger partial charge in [-0.25, -0.2) is 19.2 Å². The number of rotatable bonds is 13. The Morgan fingerprint density at radius 3 is 2.40 bits per heavy atom. The summed E-state index contributed by atoms with van der Waals surface area (Å²) in [5.74, 6) is -2.31. The van der Waals surface area contributed by atoms with Crippen LogP contribution in [-0.4, -0.2) is 47.2 Å². The smallest absolute Gasteiger partial charge is 0.306 e. The maximum atomic E-state index is 14.1. The number of halogens is 3. The first-order chi connectivity index (χ1) is 21.4. The lowest BCUT2D eigenvalue weighted by Crippen LogP contribution is -2.52. The highest BCUT2D eigenvalue weighted by molar-refractivity contribution is 9.10. The molecule has 0 aliphatic carbocycles. The Kier molecular flexibility index (Phi) is 11.3. The summed E-state index contributed by atoms with van der Waals surface area (Å²) in [6.07, 6.45) is -0.647. The first-order valence-electron chi connectivity index (χ1n) is 14.5. The molecule has 1 heterocycles. The van der Waals surface area contributed by atoms with Gasteiger partial charge in [-0.1, -0.05) is 34.1 Å². The van der Waals surface area contributed by atoms with E-state index in [0.29, 0.717) is 35.5 Å². The van der Waals surface area contributed by atoms with Crippen LogP contribution >= 0.6 is 15.9 Å². The normalized spacial score (nSPS) is 17.8. The van der Waals surface area contributed by atoms with Gasteiger partial charge in [0.05, 0.1) is 6.61 Å². The molecular formula is C33H36BrF2N3O6. The summed E-state index contributed by atoms with van der Waals surface area (Å²) in [7, 11) is 0. The quantitative estimate of drug-likeness (QED) is 0.120.